The first-order valence-corrected chi connectivity index (χ1v) is 14.1. The fraction of sp³-hybridized carbons (Fsp3) is 0. The summed E-state index contributed by atoms with van der Waals surface area (Å²) in [6.45, 7) is 0. The van der Waals surface area contributed by atoms with Gasteiger partial charge in [0, 0.05) is 10.8 Å². The summed E-state index contributed by atoms with van der Waals surface area (Å²) >= 11 is 0. The second-order valence-corrected chi connectivity index (χ2v) is 10.8. The largest absolute Gasteiger partial charge is 1.00 e. The molecule has 204 valence electrons. The molecule has 0 amide bonds. The third kappa shape index (κ3) is 8.87. The van der Waals surface area contributed by atoms with Crippen molar-refractivity contribution in [3.63, 3.8) is 0 Å². The van der Waals surface area contributed by atoms with Gasteiger partial charge < -0.3 is 9.11 Å². The molecule has 0 aliphatic rings. The van der Waals surface area contributed by atoms with Crippen LogP contribution in [0.2, 0.25) is 0 Å². The van der Waals surface area contributed by atoms with E-state index < -0.39 is 46.2 Å². The van der Waals surface area contributed by atoms with E-state index in [0.717, 1.165) is 30.3 Å². The Morgan fingerprint density at radius 3 is 1.90 bits per heavy atom. The molecule has 0 atom stereocenters. The predicted molar refractivity (Wildman–Crippen MR) is 144 cm³/mol. The molecular weight excluding hydrogens is 606 g/mol. The van der Waals surface area contributed by atoms with Crippen molar-refractivity contribution in [1.29, 1.82) is 0 Å². The molecule has 4 rings (SSSR count). The summed E-state index contributed by atoms with van der Waals surface area (Å²) < 4.78 is 69.1. The summed E-state index contributed by atoms with van der Waals surface area (Å²) in [4.78, 5) is 24.4. The molecule has 0 aromatic heterocycles. The quantitative estimate of drug-likeness (QED) is 0.119. The van der Waals surface area contributed by atoms with E-state index >= 15 is 0 Å². The van der Waals surface area contributed by atoms with Crippen molar-refractivity contribution in [3.8, 4) is 0 Å². The molecule has 0 saturated carbocycles. The number of anilines is 2. The molecule has 0 saturated heterocycles. The Kier molecular flexibility index (Phi) is 12.7. The van der Waals surface area contributed by atoms with Gasteiger partial charge in [-0.25, -0.2) is 16.8 Å². The van der Waals surface area contributed by atoms with E-state index in [4.69, 9.17) is 0 Å². The van der Waals surface area contributed by atoms with E-state index in [0.29, 0.717) is 5.39 Å². The van der Waals surface area contributed by atoms with Crippen LogP contribution in [0.4, 0.5) is 11.4 Å². The van der Waals surface area contributed by atoms with Crippen LogP contribution in [0.5, 0.6) is 0 Å². The van der Waals surface area contributed by atoms with Crippen LogP contribution in [0.3, 0.4) is 0 Å². The first-order chi connectivity index (χ1) is 18.9. The van der Waals surface area contributed by atoms with E-state index in [2.05, 4.69) is 21.1 Å². The van der Waals surface area contributed by atoms with Crippen molar-refractivity contribution in [1.82, 2.24) is 0 Å². The number of hydrogen-bond donors (Lipinski definition) is 2. The molecular formula is C26H18N4Na2O8S2. The molecule has 0 aliphatic heterocycles. The van der Waals surface area contributed by atoms with Gasteiger partial charge in [-0.05, 0) is 48.5 Å². The topological polar surface area (TPSA) is 197 Å². The molecule has 16 heteroatoms. The molecule has 0 fully saturated rings. The average molecular weight is 625 g/mol. The second-order valence-electron chi connectivity index (χ2n) is 8.07. The fourth-order valence-electron chi connectivity index (χ4n) is 3.53. The summed E-state index contributed by atoms with van der Waals surface area (Å²) in [7, 11) is -9.50. The van der Waals surface area contributed by atoms with Crippen molar-refractivity contribution in [3.05, 3.63) is 128 Å². The third-order valence-electron chi connectivity index (χ3n) is 5.41. The maximum Gasteiger partial charge on any atom is 1.00 e. The minimum atomic E-state index is -4.76. The third-order valence-corrected chi connectivity index (χ3v) is 7.15. The second kappa shape index (κ2) is 15.1. The predicted octanol–water partition coefficient (Wildman–Crippen LogP) is -4.77. The van der Waals surface area contributed by atoms with Crippen LogP contribution >= 0.6 is 0 Å². The Bertz CT molecular complexity index is 2130. The molecule has 42 heavy (non-hydrogen) atoms. The minimum absolute atomic E-state index is 0. The Labute approximate surface area is 284 Å². The summed E-state index contributed by atoms with van der Waals surface area (Å²) in [6.07, 6.45) is 0. The maximum atomic E-state index is 13.0. The van der Waals surface area contributed by atoms with Gasteiger partial charge in [0.05, 0.1) is 21.2 Å². The summed E-state index contributed by atoms with van der Waals surface area (Å²) in [5.41, 5.74) is 4.04. The van der Waals surface area contributed by atoms with Crippen LogP contribution in [0.1, 0.15) is 0 Å². The molecule has 12 nitrogen and oxygen atoms in total. The first kappa shape index (κ1) is 35.4. The van der Waals surface area contributed by atoms with Gasteiger partial charge in [-0.3, -0.25) is 20.4 Å². The van der Waals surface area contributed by atoms with E-state index in [1.807, 2.05) is 0 Å². The maximum absolute atomic E-state index is 13.0. The number of nitrogens with one attached hydrogen (secondary N) is 2. The first-order valence-electron chi connectivity index (χ1n) is 11.3. The van der Waals surface area contributed by atoms with Crippen LogP contribution in [0.25, 0.3) is 10.8 Å². The Morgan fingerprint density at radius 1 is 0.595 bits per heavy atom. The standard InChI is InChI=1S/C26H20N4O8S2.2Na/c31-23-15-13-22(29-27-17-7-3-1-2-4-8-18(12-11-17)39(33,34)35)26(32)25(23)30-28-21-14-16-24(40(36,37)38)20-10-6-5-9-19(20)21;;/h1-16,27-28H,(H,33,34,35)(H,36,37,38);;/q;2*+1/p-2/b2-1?,3-1?,4-2?,7-3?,8-4?,12-11?,17-7?,17-11?,18-8?,18-12?,29-22+,30-25+;;. The molecule has 0 aliphatic carbocycles. The smallest absolute Gasteiger partial charge is 0.744 e. The van der Waals surface area contributed by atoms with Crippen LogP contribution in [-0.2, 0) is 20.2 Å². The fourth-order valence-corrected chi connectivity index (χ4v) is 4.69. The van der Waals surface area contributed by atoms with Crippen molar-refractivity contribution < 1.29 is 85.1 Å². The number of rotatable bonds is 6. The van der Waals surface area contributed by atoms with Gasteiger partial charge in [-0.1, -0.05) is 48.5 Å². The van der Waals surface area contributed by atoms with Crippen LogP contribution in [0, 0.1) is 0 Å². The molecule has 4 aromatic rings. The zero-order chi connectivity index (χ0) is 28.9. The number of benzene rings is 3. The van der Waals surface area contributed by atoms with Gasteiger partial charge in [0.2, 0.25) is 10.9 Å². The zero-order valence-electron chi connectivity index (χ0n) is 22.2. The van der Waals surface area contributed by atoms with Crippen LogP contribution < -0.4 is 91.5 Å². The Balaban J connectivity index is 0.00000308. The monoisotopic (exact) mass is 624 g/mol. The van der Waals surface area contributed by atoms with Crippen molar-refractivity contribution in [2.75, 3.05) is 10.9 Å². The van der Waals surface area contributed by atoms with E-state index in [-0.39, 0.29) is 81.2 Å². The normalized spacial score (nSPS) is 12.0. The van der Waals surface area contributed by atoms with Crippen molar-refractivity contribution in [2.24, 2.45) is 10.2 Å². The van der Waals surface area contributed by atoms with E-state index in [1.165, 1.54) is 42.5 Å². The average Bonchev–Trinajstić information content (AvgIpc) is 2.90. The molecule has 0 spiro atoms. The molecule has 0 unspecified atom stereocenters. The van der Waals surface area contributed by atoms with Gasteiger partial charge in [0.25, 0.3) is 0 Å². The number of fused-ring (bicyclic) bond motifs is 1. The number of hydrogen-bond acceptors (Lipinski definition) is 12. The summed E-state index contributed by atoms with van der Waals surface area (Å²) in [5, 5.41) is 7.62. The minimum Gasteiger partial charge on any atom is -0.744 e. The molecule has 0 bridgehead atoms. The van der Waals surface area contributed by atoms with Crippen LogP contribution in [0.15, 0.2) is 127 Å². The van der Waals surface area contributed by atoms with Gasteiger partial charge >= 0.3 is 59.1 Å². The molecule has 4 aromatic carbocycles. The van der Waals surface area contributed by atoms with Gasteiger partial charge in [-0.15, -0.1) is 0 Å². The number of nitrogens with zero attached hydrogens (tertiary/aromatic N) is 2. The van der Waals surface area contributed by atoms with E-state index in [9.17, 15) is 35.5 Å². The van der Waals surface area contributed by atoms with Gasteiger partial charge in [-0.2, -0.15) is 10.2 Å². The van der Waals surface area contributed by atoms with Gasteiger partial charge in [0.1, 0.15) is 25.6 Å². The Hall–Kier alpha value is -2.76. The van der Waals surface area contributed by atoms with Crippen molar-refractivity contribution >= 4 is 42.4 Å². The zero-order valence-corrected chi connectivity index (χ0v) is 27.8. The van der Waals surface area contributed by atoms with Gasteiger partial charge in [0.15, 0.2) is 5.36 Å². The van der Waals surface area contributed by atoms with Crippen LogP contribution in [-0.4, -0.2) is 25.9 Å². The molecule has 0 heterocycles. The summed E-state index contributed by atoms with van der Waals surface area (Å²) in [6, 6.07) is 21.8. The van der Waals surface area contributed by atoms with E-state index in [1.54, 1.807) is 24.3 Å². The SMILES string of the molecule is O=c1cc/c(=N\Nc2ccccccc(S(=O)(=O)[O-])cc2)c(=O)/c1=N/Nc1ccc(S(=O)(=O)[O-])c2ccccc12.[Na+].[Na+]. The molecule has 2 N–H and O–H groups in total. The van der Waals surface area contributed by atoms with Crippen molar-refractivity contribution in [2.45, 2.75) is 9.79 Å². The Morgan fingerprint density at radius 2 is 1.24 bits per heavy atom. The summed E-state index contributed by atoms with van der Waals surface area (Å²) in [5.74, 6) is 0. The molecule has 0 radical (unpaired) electrons.